The first-order chi connectivity index (χ1) is 18.8. The van der Waals surface area contributed by atoms with Crippen LogP contribution in [0.4, 0.5) is 11.6 Å². The third kappa shape index (κ3) is 5.51. The first-order valence-electron chi connectivity index (χ1n) is 12.2. The number of aromatic hydroxyl groups is 1. The number of phenols is 1. The number of carbonyl (C=O) groups excluding carboxylic acids is 2. The molecule has 5 rings (SSSR count). The van der Waals surface area contributed by atoms with E-state index in [0.717, 1.165) is 11.1 Å². The molecule has 0 aliphatic carbocycles. The summed E-state index contributed by atoms with van der Waals surface area (Å²) in [4.78, 5) is 31.0. The first-order valence-corrected chi connectivity index (χ1v) is 13.2. The van der Waals surface area contributed by atoms with Gasteiger partial charge in [-0.05, 0) is 43.7 Å². The minimum Gasteiger partial charge on any atom is -0.508 e. The Hall–Kier alpha value is -4.57. The third-order valence-electron chi connectivity index (χ3n) is 6.35. The van der Waals surface area contributed by atoms with Gasteiger partial charge in [-0.1, -0.05) is 65.9 Å². The number of hydrogen-bond acceptors (Lipinski definition) is 8. The maximum absolute atomic E-state index is 13.7. The summed E-state index contributed by atoms with van der Waals surface area (Å²) < 4.78 is 7.03. The molecule has 0 radical (unpaired) electrons. The molecule has 0 bridgehead atoms. The van der Waals surface area contributed by atoms with Crippen LogP contribution in [0.25, 0.3) is 0 Å². The van der Waals surface area contributed by atoms with Crippen molar-refractivity contribution in [1.29, 1.82) is 0 Å². The second-order valence-corrected chi connectivity index (χ2v) is 10.00. The minimum atomic E-state index is -0.633. The average molecular weight is 542 g/mol. The van der Waals surface area contributed by atoms with Crippen LogP contribution in [0, 0.1) is 6.92 Å². The summed E-state index contributed by atoms with van der Waals surface area (Å²) in [6.07, 6.45) is 0. The number of allylic oxidation sites excluding steroid dienone is 1. The number of ketones is 1. The lowest BCUT2D eigenvalue weighted by Gasteiger charge is -2.28. The van der Waals surface area contributed by atoms with Crippen LogP contribution in [0.1, 0.15) is 34.5 Å². The predicted molar refractivity (Wildman–Crippen MR) is 150 cm³/mol. The lowest BCUT2D eigenvalue weighted by Crippen LogP contribution is -2.31. The second-order valence-electron chi connectivity index (χ2n) is 9.05. The highest BCUT2D eigenvalue weighted by atomic mass is 32.2. The van der Waals surface area contributed by atoms with Crippen molar-refractivity contribution < 1.29 is 19.4 Å². The lowest BCUT2D eigenvalue weighted by atomic mass is 9.95. The predicted octanol–water partition coefficient (Wildman–Crippen LogP) is 5.20. The van der Waals surface area contributed by atoms with Crippen LogP contribution in [0.5, 0.6) is 11.5 Å². The number of anilines is 2. The van der Waals surface area contributed by atoms with E-state index in [1.807, 2.05) is 43.3 Å². The smallest absolute Gasteiger partial charge is 0.255 e. The van der Waals surface area contributed by atoms with Gasteiger partial charge in [-0.25, -0.2) is 4.68 Å². The van der Waals surface area contributed by atoms with Crippen molar-refractivity contribution >= 4 is 35.1 Å². The van der Waals surface area contributed by atoms with E-state index in [-0.39, 0.29) is 23.2 Å². The first kappa shape index (κ1) is 26.1. The summed E-state index contributed by atoms with van der Waals surface area (Å²) >= 11 is 1.23. The number of rotatable bonds is 8. The highest BCUT2D eigenvalue weighted by Crippen LogP contribution is 2.37. The summed E-state index contributed by atoms with van der Waals surface area (Å²) in [5.74, 6) is 0.897. The Balaban J connectivity index is 1.45. The normalized spacial score (nSPS) is 14.4. The number of fused-ring (bicyclic) bond motifs is 1. The quantitative estimate of drug-likeness (QED) is 0.206. The van der Waals surface area contributed by atoms with E-state index in [2.05, 4.69) is 20.7 Å². The topological polar surface area (TPSA) is 118 Å². The molecule has 1 amide bonds. The molecule has 1 atom stereocenters. The molecule has 9 nitrogen and oxygen atoms in total. The number of aryl methyl sites for hydroxylation is 1. The van der Waals surface area contributed by atoms with E-state index in [4.69, 9.17) is 4.74 Å². The van der Waals surface area contributed by atoms with Crippen LogP contribution in [-0.2, 0) is 4.79 Å². The van der Waals surface area contributed by atoms with Crippen LogP contribution in [-0.4, -0.2) is 44.4 Å². The van der Waals surface area contributed by atoms with Crippen molar-refractivity contribution in [3.63, 3.8) is 0 Å². The Morgan fingerprint density at radius 3 is 2.49 bits per heavy atom. The lowest BCUT2D eigenvalue weighted by molar-refractivity contribution is -0.113. The fourth-order valence-corrected chi connectivity index (χ4v) is 5.07. The van der Waals surface area contributed by atoms with Crippen molar-refractivity contribution in [2.45, 2.75) is 25.0 Å². The number of ether oxygens (including phenoxy) is 1. The highest BCUT2D eigenvalue weighted by molar-refractivity contribution is 7.99. The number of nitrogens with one attached hydrogen (secondary N) is 2. The number of amides is 1. The summed E-state index contributed by atoms with van der Waals surface area (Å²) in [6, 6.07) is 20.6. The molecule has 198 valence electrons. The molecule has 0 fully saturated rings. The van der Waals surface area contributed by atoms with E-state index in [1.54, 1.807) is 55.1 Å². The van der Waals surface area contributed by atoms with Gasteiger partial charge in [-0.3, -0.25) is 9.59 Å². The molecule has 39 heavy (non-hydrogen) atoms. The van der Waals surface area contributed by atoms with Crippen molar-refractivity contribution in [2.24, 2.45) is 0 Å². The Morgan fingerprint density at radius 1 is 1.05 bits per heavy atom. The number of hydrogen-bond donors (Lipinski definition) is 3. The Morgan fingerprint density at radius 2 is 1.77 bits per heavy atom. The van der Waals surface area contributed by atoms with Gasteiger partial charge in [0.1, 0.15) is 17.5 Å². The number of carbonyl (C=O) groups is 2. The number of aromatic nitrogens is 3. The maximum Gasteiger partial charge on any atom is 0.255 e. The number of benzene rings is 3. The van der Waals surface area contributed by atoms with E-state index < -0.39 is 6.04 Å². The van der Waals surface area contributed by atoms with Crippen molar-refractivity contribution in [1.82, 2.24) is 14.8 Å². The van der Waals surface area contributed by atoms with Crippen LogP contribution in [0.15, 0.2) is 89.2 Å². The Bertz CT molecular complexity index is 1560. The van der Waals surface area contributed by atoms with Crippen molar-refractivity contribution in [3.8, 4) is 11.5 Å². The molecule has 3 aromatic carbocycles. The van der Waals surface area contributed by atoms with Crippen molar-refractivity contribution in [2.75, 3.05) is 23.5 Å². The van der Waals surface area contributed by atoms with Gasteiger partial charge in [-0.15, -0.1) is 5.10 Å². The zero-order valence-corrected chi connectivity index (χ0v) is 22.5. The maximum atomic E-state index is 13.7. The SMILES string of the molecule is COc1ccccc1NC(=O)C1=C(C)Nc2nc(SCC(=O)c3ccc(C)cc3)nn2[C@@H]1c1ccc(O)cc1. The monoisotopic (exact) mass is 541 g/mol. The molecule has 10 heteroatoms. The molecule has 2 heterocycles. The van der Waals surface area contributed by atoms with E-state index in [1.165, 1.54) is 11.8 Å². The molecule has 0 saturated heterocycles. The molecule has 0 spiro atoms. The molecule has 1 aliphatic heterocycles. The molecule has 3 N–H and O–H groups in total. The van der Waals surface area contributed by atoms with Gasteiger partial charge < -0.3 is 20.5 Å². The Kier molecular flexibility index (Phi) is 7.38. The van der Waals surface area contributed by atoms with Crippen LogP contribution in [0.3, 0.4) is 0 Å². The molecule has 0 saturated carbocycles. The fraction of sp³-hybridized carbons (Fsp3) is 0.172. The number of nitrogens with zero attached hydrogens (tertiary/aromatic N) is 3. The zero-order valence-electron chi connectivity index (χ0n) is 21.6. The zero-order chi connectivity index (χ0) is 27.5. The van der Waals surface area contributed by atoms with Gasteiger partial charge in [0.25, 0.3) is 5.91 Å². The number of Topliss-reactive ketones (excluding diaryl/α,β-unsaturated/α-hetero) is 1. The van der Waals surface area contributed by atoms with Gasteiger partial charge in [0, 0.05) is 11.3 Å². The van der Waals surface area contributed by atoms with E-state index in [0.29, 0.717) is 39.4 Å². The summed E-state index contributed by atoms with van der Waals surface area (Å²) in [7, 11) is 1.54. The third-order valence-corrected chi connectivity index (χ3v) is 7.19. The van der Waals surface area contributed by atoms with Crippen LogP contribution >= 0.6 is 11.8 Å². The molecule has 4 aromatic rings. The van der Waals surface area contributed by atoms with Gasteiger partial charge in [0.2, 0.25) is 11.1 Å². The van der Waals surface area contributed by atoms with Crippen LogP contribution < -0.4 is 15.4 Å². The van der Waals surface area contributed by atoms with E-state index in [9.17, 15) is 14.7 Å². The minimum absolute atomic E-state index is 0.0259. The Labute approximate surface area is 229 Å². The highest BCUT2D eigenvalue weighted by Gasteiger charge is 2.34. The molecule has 1 aliphatic rings. The fourth-order valence-electron chi connectivity index (χ4n) is 4.34. The summed E-state index contributed by atoms with van der Waals surface area (Å²) in [5, 5.41) is 21.1. The number of methoxy groups -OCH3 is 1. The average Bonchev–Trinajstić information content (AvgIpc) is 3.34. The second kappa shape index (κ2) is 11.0. The van der Waals surface area contributed by atoms with Crippen LogP contribution in [0.2, 0.25) is 0 Å². The summed E-state index contributed by atoms with van der Waals surface area (Å²) in [6.45, 7) is 3.78. The molecule has 0 unspecified atom stereocenters. The molecule has 1 aromatic heterocycles. The van der Waals surface area contributed by atoms with Gasteiger partial charge in [0.05, 0.1) is 24.1 Å². The van der Waals surface area contributed by atoms with Gasteiger partial charge in [-0.2, -0.15) is 4.98 Å². The standard InChI is InChI=1S/C29H27N5O4S/c1-17-8-10-19(11-9-17)23(36)16-39-29-32-28-30-18(2)25(27(37)31-22-6-4-5-7-24(22)38-3)26(34(28)33-29)20-12-14-21(35)15-13-20/h4-15,26,35H,16H2,1-3H3,(H,31,37)(H,30,32,33)/t26-/m1/s1. The van der Waals surface area contributed by atoms with E-state index >= 15 is 0 Å². The molecular formula is C29H27N5O4S. The van der Waals surface area contributed by atoms with Gasteiger partial charge in [0.15, 0.2) is 5.78 Å². The van der Waals surface area contributed by atoms with Crippen molar-refractivity contribution in [3.05, 3.63) is 101 Å². The number of thioether (sulfide) groups is 1. The van der Waals surface area contributed by atoms with Gasteiger partial charge >= 0.3 is 0 Å². The largest absolute Gasteiger partial charge is 0.508 e. The number of phenolic OH excluding ortho intramolecular Hbond substituents is 1. The molecular weight excluding hydrogens is 514 g/mol. The number of para-hydroxylation sites is 2. The summed E-state index contributed by atoms with van der Waals surface area (Å²) in [5.41, 5.74) is 4.01.